The van der Waals surface area contributed by atoms with Crippen molar-refractivity contribution in [3.05, 3.63) is 102 Å². The van der Waals surface area contributed by atoms with Gasteiger partial charge in [-0.3, -0.25) is 4.79 Å². The summed E-state index contributed by atoms with van der Waals surface area (Å²) >= 11 is 0. The van der Waals surface area contributed by atoms with Crippen molar-refractivity contribution in [2.45, 2.75) is 70.4 Å². The largest absolute Gasteiger partial charge is 0.494 e. The smallest absolute Gasteiger partial charge is 0.480 e. The molecule has 3 aromatic carbocycles. The van der Waals surface area contributed by atoms with Gasteiger partial charge in [0.05, 0.1) is 11.2 Å². The molecule has 0 saturated carbocycles. The van der Waals surface area contributed by atoms with Gasteiger partial charge in [-0.2, -0.15) is 0 Å². The molecule has 0 aliphatic carbocycles. The Morgan fingerprint density at radius 2 is 1.24 bits per heavy atom. The Balaban J connectivity index is 1.41. The maximum atomic E-state index is 13.3. The van der Waals surface area contributed by atoms with E-state index in [1.165, 1.54) is 0 Å². The van der Waals surface area contributed by atoms with Gasteiger partial charge < -0.3 is 29.8 Å². The molecular formula is C32H37BN2O7. The highest BCUT2D eigenvalue weighted by Crippen LogP contribution is 2.36. The predicted molar refractivity (Wildman–Crippen MR) is 159 cm³/mol. The van der Waals surface area contributed by atoms with Gasteiger partial charge >= 0.3 is 19.2 Å². The summed E-state index contributed by atoms with van der Waals surface area (Å²) in [5.74, 6) is -1.82. The average molecular weight is 572 g/mol. The predicted octanol–water partition coefficient (Wildman–Crippen LogP) is 3.64. The Morgan fingerprint density at radius 3 is 1.79 bits per heavy atom. The third-order valence-corrected chi connectivity index (χ3v) is 7.66. The van der Waals surface area contributed by atoms with Crippen molar-refractivity contribution >= 4 is 30.6 Å². The van der Waals surface area contributed by atoms with Crippen molar-refractivity contribution in [1.29, 1.82) is 0 Å². The number of aliphatic carboxylic acids is 1. The highest BCUT2D eigenvalue weighted by Gasteiger charge is 2.51. The lowest BCUT2D eigenvalue weighted by Gasteiger charge is -2.32. The van der Waals surface area contributed by atoms with Crippen LogP contribution in [0.5, 0.6) is 0 Å². The summed E-state index contributed by atoms with van der Waals surface area (Å²) in [4.78, 5) is 38.1. The van der Waals surface area contributed by atoms with Crippen LogP contribution in [0.4, 0.5) is 4.79 Å². The lowest BCUT2D eigenvalue weighted by molar-refractivity contribution is -0.142. The molecule has 0 aromatic heterocycles. The molecule has 0 spiro atoms. The molecule has 220 valence electrons. The molecule has 3 N–H and O–H groups in total. The Morgan fingerprint density at radius 1 is 0.738 bits per heavy atom. The maximum Gasteiger partial charge on any atom is 0.494 e. The average Bonchev–Trinajstić information content (AvgIpc) is 3.18. The van der Waals surface area contributed by atoms with Crippen molar-refractivity contribution in [3.8, 4) is 0 Å². The Hall–Kier alpha value is -4.15. The number of amides is 2. The van der Waals surface area contributed by atoms with Crippen molar-refractivity contribution in [2.24, 2.45) is 0 Å². The summed E-state index contributed by atoms with van der Waals surface area (Å²) in [6, 6.07) is 23.3. The van der Waals surface area contributed by atoms with Crippen LogP contribution in [0.15, 0.2) is 84.9 Å². The fraction of sp³-hybridized carbons (Fsp3) is 0.344. The second kappa shape index (κ2) is 13.2. The first-order valence-electron chi connectivity index (χ1n) is 13.9. The minimum atomic E-state index is -1.22. The van der Waals surface area contributed by atoms with Crippen LogP contribution in [0.2, 0.25) is 0 Å². The Labute approximate surface area is 246 Å². The molecule has 1 aliphatic heterocycles. The number of carboxylic acids is 1. The van der Waals surface area contributed by atoms with Crippen LogP contribution in [0, 0.1) is 0 Å². The van der Waals surface area contributed by atoms with Crippen LogP contribution in [0.1, 0.15) is 44.4 Å². The van der Waals surface area contributed by atoms with Crippen LogP contribution in [-0.4, -0.2) is 53.5 Å². The SMILES string of the molecule is CC1(C)OB(c2ccc(C[C@@H](NC(=O)[C@@H](Cc3ccccc3)NC(=O)OCc3ccccc3)C(=O)O)cc2)OC1(C)C. The first-order chi connectivity index (χ1) is 19.9. The summed E-state index contributed by atoms with van der Waals surface area (Å²) in [5.41, 5.74) is 2.16. The van der Waals surface area contributed by atoms with E-state index in [-0.39, 0.29) is 19.4 Å². The monoisotopic (exact) mass is 572 g/mol. The number of benzene rings is 3. The first kappa shape index (κ1) is 30.8. The second-order valence-corrected chi connectivity index (χ2v) is 11.4. The molecule has 4 rings (SSSR count). The van der Waals surface area contributed by atoms with Crippen LogP contribution in [-0.2, 0) is 43.1 Å². The number of alkyl carbamates (subject to hydrolysis) is 1. The third kappa shape index (κ3) is 7.99. The number of carbonyl (C=O) groups is 3. The van der Waals surface area contributed by atoms with E-state index in [9.17, 15) is 19.5 Å². The molecular weight excluding hydrogens is 535 g/mol. The molecule has 0 radical (unpaired) electrons. The van der Waals surface area contributed by atoms with Crippen LogP contribution in [0.3, 0.4) is 0 Å². The van der Waals surface area contributed by atoms with Gasteiger partial charge in [-0.15, -0.1) is 0 Å². The standard InChI is InChI=1S/C32H37BN2O7/c1-31(2)32(3,4)42-33(41-31)25-17-15-23(16-18-25)20-27(29(37)38)34-28(36)26(19-22-11-7-5-8-12-22)35-30(39)40-21-24-13-9-6-10-14-24/h5-18,26-27H,19-21H2,1-4H3,(H,34,36)(H,35,39)(H,37,38)/t26-,27-/m1/s1. The normalized spacial score (nSPS) is 16.7. The number of hydrogen-bond acceptors (Lipinski definition) is 6. The van der Waals surface area contributed by atoms with Crippen molar-refractivity contribution in [1.82, 2.24) is 10.6 Å². The molecule has 9 nitrogen and oxygen atoms in total. The van der Waals surface area contributed by atoms with Crippen LogP contribution < -0.4 is 16.1 Å². The molecule has 42 heavy (non-hydrogen) atoms. The number of carbonyl (C=O) groups excluding carboxylic acids is 2. The van der Waals surface area contributed by atoms with Gasteiger partial charge in [0.2, 0.25) is 5.91 Å². The number of rotatable bonds is 11. The van der Waals surface area contributed by atoms with Gasteiger partial charge in [-0.05, 0) is 49.8 Å². The minimum Gasteiger partial charge on any atom is -0.480 e. The molecule has 1 saturated heterocycles. The number of carboxylic acid groups (broad SMARTS) is 1. The van der Waals surface area contributed by atoms with E-state index >= 15 is 0 Å². The Bertz CT molecular complexity index is 1350. The zero-order valence-electron chi connectivity index (χ0n) is 24.3. The Kier molecular flexibility index (Phi) is 9.70. The zero-order valence-corrected chi connectivity index (χ0v) is 24.3. The summed E-state index contributed by atoms with van der Waals surface area (Å²) in [6.07, 6.45) is -0.580. The molecule has 1 fully saturated rings. The fourth-order valence-electron chi connectivity index (χ4n) is 4.46. The first-order valence-corrected chi connectivity index (χ1v) is 13.9. The van der Waals surface area contributed by atoms with Crippen molar-refractivity contribution in [2.75, 3.05) is 0 Å². The molecule has 1 heterocycles. The van der Waals surface area contributed by atoms with E-state index in [1.807, 2.05) is 100 Å². The number of ether oxygens (including phenoxy) is 1. The van der Waals surface area contributed by atoms with Crippen molar-refractivity contribution < 1.29 is 33.5 Å². The van der Waals surface area contributed by atoms with E-state index in [0.29, 0.717) is 5.56 Å². The second-order valence-electron chi connectivity index (χ2n) is 11.4. The van der Waals surface area contributed by atoms with Crippen molar-refractivity contribution in [3.63, 3.8) is 0 Å². The highest BCUT2D eigenvalue weighted by atomic mass is 16.7. The number of nitrogens with one attached hydrogen (secondary N) is 2. The third-order valence-electron chi connectivity index (χ3n) is 7.66. The molecule has 2 atom stereocenters. The zero-order chi connectivity index (χ0) is 30.3. The summed E-state index contributed by atoms with van der Waals surface area (Å²) in [7, 11) is -0.537. The van der Waals surface area contributed by atoms with E-state index in [2.05, 4.69) is 10.6 Å². The fourth-order valence-corrected chi connectivity index (χ4v) is 4.46. The van der Waals surface area contributed by atoms with E-state index in [1.54, 1.807) is 12.1 Å². The van der Waals surface area contributed by atoms with Gasteiger partial charge in [0, 0.05) is 12.8 Å². The lowest BCUT2D eigenvalue weighted by atomic mass is 9.78. The molecule has 0 bridgehead atoms. The van der Waals surface area contributed by atoms with Crippen LogP contribution in [0.25, 0.3) is 0 Å². The van der Waals surface area contributed by atoms with Gasteiger partial charge in [0.25, 0.3) is 0 Å². The van der Waals surface area contributed by atoms with Gasteiger partial charge in [-0.1, -0.05) is 84.9 Å². The number of hydrogen-bond donors (Lipinski definition) is 3. The molecule has 3 aromatic rings. The van der Waals surface area contributed by atoms with Gasteiger partial charge in [-0.25, -0.2) is 9.59 Å². The van der Waals surface area contributed by atoms with E-state index < -0.39 is 48.4 Å². The molecule has 2 amide bonds. The summed E-state index contributed by atoms with van der Waals surface area (Å²) in [6.45, 7) is 7.94. The van der Waals surface area contributed by atoms with E-state index in [4.69, 9.17) is 14.0 Å². The summed E-state index contributed by atoms with van der Waals surface area (Å²) in [5, 5.41) is 15.1. The van der Waals surface area contributed by atoms with Crippen LogP contribution >= 0.6 is 0 Å². The maximum absolute atomic E-state index is 13.3. The van der Waals surface area contributed by atoms with Gasteiger partial charge in [0.15, 0.2) is 0 Å². The molecule has 10 heteroatoms. The highest BCUT2D eigenvalue weighted by molar-refractivity contribution is 6.62. The molecule has 0 unspecified atom stereocenters. The quantitative estimate of drug-likeness (QED) is 0.300. The lowest BCUT2D eigenvalue weighted by Crippen LogP contribution is -2.53. The van der Waals surface area contributed by atoms with E-state index in [0.717, 1.165) is 16.6 Å². The summed E-state index contributed by atoms with van der Waals surface area (Å²) < 4.78 is 17.5. The van der Waals surface area contributed by atoms with Gasteiger partial charge in [0.1, 0.15) is 18.7 Å². The minimum absolute atomic E-state index is 0.0338. The topological polar surface area (TPSA) is 123 Å². The molecule has 1 aliphatic rings.